The van der Waals surface area contributed by atoms with Crippen molar-refractivity contribution in [2.75, 3.05) is 0 Å². The Hall–Kier alpha value is -2.41. The summed E-state index contributed by atoms with van der Waals surface area (Å²) in [4.78, 5) is 29.7. The molecule has 7 heteroatoms. The smallest absolute Gasteiger partial charge is 0.271 e. The Labute approximate surface area is 201 Å². The number of benzene rings is 1. The summed E-state index contributed by atoms with van der Waals surface area (Å²) in [5.41, 5.74) is 1.61. The zero-order chi connectivity index (χ0) is 24.0. The van der Waals surface area contributed by atoms with Crippen molar-refractivity contribution in [1.29, 1.82) is 0 Å². The number of rotatable bonds is 8. The lowest BCUT2D eigenvalue weighted by atomic mass is 9.88. The highest BCUT2D eigenvalue weighted by atomic mass is 32.1. The summed E-state index contributed by atoms with van der Waals surface area (Å²) in [5.74, 6) is 1.12. The van der Waals surface area contributed by atoms with Gasteiger partial charge in [0.05, 0.1) is 0 Å². The van der Waals surface area contributed by atoms with Gasteiger partial charge in [-0.1, -0.05) is 59.6 Å². The van der Waals surface area contributed by atoms with Crippen LogP contribution in [0.1, 0.15) is 93.7 Å². The molecule has 6 nitrogen and oxygen atoms in total. The van der Waals surface area contributed by atoms with Crippen LogP contribution in [0.3, 0.4) is 0 Å². The first-order valence-electron chi connectivity index (χ1n) is 11.9. The van der Waals surface area contributed by atoms with E-state index in [0.717, 1.165) is 36.4 Å². The van der Waals surface area contributed by atoms with Gasteiger partial charge in [-0.25, -0.2) is 4.98 Å². The van der Waals surface area contributed by atoms with E-state index in [9.17, 15) is 9.59 Å². The third-order valence-electron chi connectivity index (χ3n) is 5.81. The average molecular weight is 472 g/mol. The normalized spacial score (nSPS) is 18.7. The Morgan fingerprint density at radius 1 is 1.09 bits per heavy atom. The fraction of sp³-hybridized carbons (Fsp3) is 0.577. The number of nitrogens with one attached hydrogen (secondary N) is 2. The molecule has 1 aromatic heterocycles. The molecule has 0 radical (unpaired) electrons. The van der Waals surface area contributed by atoms with Gasteiger partial charge in [-0.3, -0.25) is 9.59 Å². The maximum absolute atomic E-state index is 12.8. The van der Waals surface area contributed by atoms with Gasteiger partial charge < -0.3 is 15.4 Å². The molecule has 1 aliphatic carbocycles. The first-order valence-corrected chi connectivity index (χ1v) is 12.8. The molecule has 33 heavy (non-hydrogen) atoms. The maximum atomic E-state index is 12.8. The Bertz CT molecular complexity index is 931. The van der Waals surface area contributed by atoms with E-state index in [2.05, 4.69) is 62.4 Å². The second-order valence-corrected chi connectivity index (χ2v) is 11.4. The second kappa shape index (κ2) is 11.1. The lowest BCUT2D eigenvalue weighted by molar-refractivity contribution is -0.123. The van der Waals surface area contributed by atoms with Gasteiger partial charge >= 0.3 is 0 Å². The Morgan fingerprint density at radius 2 is 1.73 bits per heavy atom. The molecule has 2 amide bonds. The lowest BCUT2D eigenvalue weighted by Gasteiger charge is -2.33. The fourth-order valence-electron chi connectivity index (χ4n) is 4.03. The Balaban J connectivity index is 1.53. The predicted molar refractivity (Wildman–Crippen MR) is 133 cm³/mol. The predicted octanol–water partition coefficient (Wildman–Crippen LogP) is 5.44. The lowest BCUT2D eigenvalue weighted by Crippen LogP contribution is -2.53. The second-order valence-electron chi connectivity index (χ2n) is 10.4. The topological polar surface area (TPSA) is 80.3 Å². The molecule has 3 rings (SSSR count). The summed E-state index contributed by atoms with van der Waals surface area (Å²) in [5, 5.41) is 8.78. The Morgan fingerprint density at radius 3 is 2.33 bits per heavy atom. The fourth-order valence-corrected chi connectivity index (χ4v) is 4.72. The number of carbonyl (C=O) groups excluding carboxylic acids is 2. The Kier molecular flexibility index (Phi) is 8.51. The molecule has 180 valence electrons. The minimum Gasteiger partial charge on any atom is -0.486 e. The van der Waals surface area contributed by atoms with Gasteiger partial charge in [0.25, 0.3) is 5.91 Å². The first kappa shape index (κ1) is 25.2. The van der Waals surface area contributed by atoms with E-state index in [1.807, 2.05) is 12.1 Å². The van der Waals surface area contributed by atoms with E-state index in [1.54, 1.807) is 5.38 Å². The van der Waals surface area contributed by atoms with Crippen LogP contribution in [0.5, 0.6) is 5.75 Å². The van der Waals surface area contributed by atoms with E-state index in [4.69, 9.17) is 4.74 Å². The van der Waals surface area contributed by atoms with Crippen LogP contribution in [-0.4, -0.2) is 28.9 Å². The van der Waals surface area contributed by atoms with Crippen molar-refractivity contribution in [3.05, 3.63) is 45.9 Å². The van der Waals surface area contributed by atoms with Crippen molar-refractivity contribution in [2.45, 2.75) is 91.3 Å². The zero-order valence-electron chi connectivity index (χ0n) is 20.4. The molecule has 1 saturated carbocycles. The van der Waals surface area contributed by atoms with Crippen molar-refractivity contribution in [3.8, 4) is 5.75 Å². The standard InChI is InChI=1S/C26H37N3O3S/c1-17(2)18-10-12-19(13-11-18)32-15-24-28-22(16-33-24)25(31)29-21-9-7-6-8-20(21)27-23(30)14-26(3,4)5/h10-13,16-17,20-21H,6-9,14-15H2,1-5H3,(H,27,30)(H,29,31)/t20-,21+/m0/s1. The van der Waals surface area contributed by atoms with Crippen LogP contribution >= 0.6 is 11.3 Å². The molecule has 1 aromatic carbocycles. The van der Waals surface area contributed by atoms with Crippen LogP contribution in [0.4, 0.5) is 0 Å². The van der Waals surface area contributed by atoms with Crippen LogP contribution in [0, 0.1) is 5.41 Å². The zero-order valence-corrected chi connectivity index (χ0v) is 21.3. The first-order chi connectivity index (χ1) is 15.6. The van der Waals surface area contributed by atoms with E-state index < -0.39 is 0 Å². The van der Waals surface area contributed by atoms with Gasteiger partial charge in [0.1, 0.15) is 23.1 Å². The molecule has 0 bridgehead atoms. The van der Waals surface area contributed by atoms with Crippen LogP contribution in [0.2, 0.25) is 0 Å². The van der Waals surface area contributed by atoms with Gasteiger partial charge in [0.15, 0.2) is 0 Å². The van der Waals surface area contributed by atoms with Crippen LogP contribution in [0.15, 0.2) is 29.6 Å². The number of hydrogen-bond acceptors (Lipinski definition) is 5. The van der Waals surface area contributed by atoms with E-state index >= 15 is 0 Å². The quantitative estimate of drug-likeness (QED) is 0.537. The molecule has 0 spiro atoms. The summed E-state index contributed by atoms with van der Waals surface area (Å²) in [6.45, 7) is 10.8. The van der Waals surface area contributed by atoms with E-state index in [0.29, 0.717) is 24.6 Å². The van der Waals surface area contributed by atoms with Crippen molar-refractivity contribution in [3.63, 3.8) is 0 Å². The van der Waals surface area contributed by atoms with E-state index in [1.165, 1.54) is 16.9 Å². The SMILES string of the molecule is CC(C)c1ccc(OCc2nc(C(=O)N[C@@H]3CCCC[C@@H]3NC(=O)CC(C)(C)C)cs2)cc1. The summed E-state index contributed by atoms with van der Waals surface area (Å²) in [7, 11) is 0. The summed E-state index contributed by atoms with van der Waals surface area (Å²) in [6, 6.07) is 7.97. The number of nitrogens with zero attached hydrogens (tertiary/aromatic N) is 1. The van der Waals surface area contributed by atoms with Crippen molar-refractivity contribution in [2.24, 2.45) is 5.41 Å². The van der Waals surface area contributed by atoms with Gasteiger partial charge in [-0.15, -0.1) is 11.3 Å². The molecule has 2 N–H and O–H groups in total. The van der Waals surface area contributed by atoms with Crippen molar-refractivity contribution in [1.82, 2.24) is 15.6 Å². The summed E-state index contributed by atoms with van der Waals surface area (Å²) < 4.78 is 5.84. The van der Waals surface area contributed by atoms with Gasteiger partial charge in [0, 0.05) is 23.9 Å². The number of amides is 2. The van der Waals surface area contributed by atoms with Crippen molar-refractivity contribution < 1.29 is 14.3 Å². The molecule has 1 heterocycles. The number of ether oxygens (including phenoxy) is 1. The molecule has 1 aliphatic rings. The molecule has 0 saturated heterocycles. The van der Waals surface area contributed by atoms with Gasteiger partial charge in [0.2, 0.25) is 5.91 Å². The molecule has 0 unspecified atom stereocenters. The molecule has 2 atom stereocenters. The highest BCUT2D eigenvalue weighted by molar-refractivity contribution is 7.09. The number of thiazole rings is 1. The minimum absolute atomic E-state index is 0.0344. The molecular weight excluding hydrogens is 434 g/mol. The average Bonchev–Trinajstić information content (AvgIpc) is 3.22. The van der Waals surface area contributed by atoms with Crippen molar-refractivity contribution >= 4 is 23.2 Å². The van der Waals surface area contributed by atoms with E-state index in [-0.39, 0.29) is 29.3 Å². The van der Waals surface area contributed by atoms with Crippen LogP contribution < -0.4 is 15.4 Å². The minimum atomic E-state index is -0.194. The van der Waals surface area contributed by atoms with Gasteiger partial charge in [-0.05, 0) is 41.9 Å². The highest BCUT2D eigenvalue weighted by Gasteiger charge is 2.29. The molecular formula is C26H37N3O3S. The molecule has 2 aromatic rings. The summed E-state index contributed by atoms with van der Waals surface area (Å²) >= 11 is 1.42. The maximum Gasteiger partial charge on any atom is 0.271 e. The number of hydrogen-bond donors (Lipinski definition) is 2. The third kappa shape index (κ3) is 7.84. The third-order valence-corrected chi connectivity index (χ3v) is 6.64. The largest absolute Gasteiger partial charge is 0.486 e. The monoisotopic (exact) mass is 471 g/mol. The van der Waals surface area contributed by atoms with Gasteiger partial charge in [-0.2, -0.15) is 0 Å². The molecule has 1 fully saturated rings. The summed E-state index contributed by atoms with van der Waals surface area (Å²) in [6.07, 6.45) is 4.32. The number of carbonyl (C=O) groups is 2. The number of aromatic nitrogens is 1. The molecule has 0 aliphatic heterocycles. The van der Waals surface area contributed by atoms with Crippen LogP contribution in [-0.2, 0) is 11.4 Å². The highest BCUT2D eigenvalue weighted by Crippen LogP contribution is 2.23. The van der Waals surface area contributed by atoms with Crippen LogP contribution in [0.25, 0.3) is 0 Å².